The molecular weight excluding hydrogens is 265 g/mol. The second-order valence-corrected chi connectivity index (χ2v) is 5.75. The third kappa shape index (κ3) is 2.78. The molecule has 0 unspecified atom stereocenters. The molecule has 0 atom stereocenters. The number of anilines is 1. The van der Waals surface area contributed by atoms with Gasteiger partial charge in [0, 0.05) is 0 Å². The molecule has 2 N–H and O–H groups in total. The molecule has 16 heavy (non-hydrogen) atoms. The van der Waals surface area contributed by atoms with Gasteiger partial charge in [-0.3, -0.25) is 0 Å². The Morgan fingerprint density at radius 2 is 1.38 bits per heavy atom. The number of nitrogens with two attached hydrogens (primary N) is 1. The normalized spacial score (nSPS) is 10.1. The molecule has 82 valence electrons. The zero-order chi connectivity index (χ0) is 11.4. The van der Waals surface area contributed by atoms with Crippen LogP contribution in [0.3, 0.4) is 0 Å². The fraction of sp³-hybridized carbons (Fsp3) is 0.0769. The Kier molecular flexibility index (Phi) is 3.50. The molecule has 3 heteroatoms. The van der Waals surface area contributed by atoms with E-state index in [1.807, 2.05) is 24.3 Å². The molecule has 0 radical (unpaired) electrons. The van der Waals surface area contributed by atoms with Crippen LogP contribution in [-0.2, 0) is 0 Å². The van der Waals surface area contributed by atoms with E-state index in [-0.39, 0.29) is 0 Å². The molecule has 0 amide bonds. The maximum absolute atomic E-state index is 5.65. The average Bonchev–Trinajstić information content (AvgIpc) is 2.33. The van der Waals surface area contributed by atoms with E-state index in [0.29, 0.717) is 15.0 Å². The van der Waals surface area contributed by atoms with E-state index in [4.69, 9.17) is 10.5 Å². The SMILES string of the molecule is COc1ccc([Se]c2ccc(N)cc2)cc1. The number of hydrogen-bond acceptors (Lipinski definition) is 2. The third-order valence-corrected chi connectivity index (χ3v) is 4.31. The zero-order valence-corrected chi connectivity index (χ0v) is 10.7. The number of nitrogen functional groups attached to an aromatic ring is 1. The Balaban J connectivity index is 2.11. The quantitative estimate of drug-likeness (QED) is 0.669. The van der Waals surface area contributed by atoms with Crippen LogP contribution in [0.15, 0.2) is 48.5 Å². The fourth-order valence-electron chi connectivity index (χ4n) is 1.32. The van der Waals surface area contributed by atoms with Gasteiger partial charge in [0.1, 0.15) is 0 Å². The van der Waals surface area contributed by atoms with Crippen molar-refractivity contribution in [3.05, 3.63) is 48.5 Å². The van der Waals surface area contributed by atoms with Crippen LogP contribution in [0.1, 0.15) is 0 Å². The predicted octanol–water partition coefficient (Wildman–Crippen LogP) is 0.932. The van der Waals surface area contributed by atoms with E-state index >= 15 is 0 Å². The Morgan fingerprint density at radius 1 is 0.875 bits per heavy atom. The van der Waals surface area contributed by atoms with Crippen LogP contribution in [0.2, 0.25) is 0 Å². The van der Waals surface area contributed by atoms with Crippen LogP contribution < -0.4 is 19.4 Å². The van der Waals surface area contributed by atoms with Gasteiger partial charge in [-0.15, -0.1) is 0 Å². The topological polar surface area (TPSA) is 35.2 Å². The summed E-state index contributed by atoms with van der Waals surface area (Å²) in [6, 6.07) is 16.3. The molecule has 2 aromatic carbocycles. The molecule has 0 spiro atoms. The first-order valence-electron chi connectivity index (χ1n) is 4.95. The van der Waals surface area contributed by atoms with E-state index in [0.717, 1.165) is 11.4 Å². The number of hydrogen-bond donors (Lipinski definition) is 1. The molecule has 2 rings (SSSR count). The summed E-state index contributed by atoms with van der Waals surface area (Å²) in [5.74, 6) is 0.900. The van der Waals surface area contributed by atoms with Crippen molar-refractivity contribution in [3.63, 3.8) is 0 Å². The molecule has 0 aliphatic carbocycles. The second-order valence-electron chi connectivity index (χ2n) is 3.35. The van der Waals surface area contributed by atoms with Crippen molar-refractivity contribution in [1.82, 2.24) is 0 Å². The van der Waals surface area contributed by atoms with Crippen LogP contribution in [0.25, 0.3) is 0 Å². The van der Waals surface area contributed by atoms with E-state index in [2.05, 4.69) is 24.3 Å². The number of ether oxygens (including phenoxy) is 1. The van der Waals surface area contributed by atoms with Crippen molar-refractivity contribution >= 4 is 29.6 Å². The Hall–Kier alpha value is -1.44. The Morgan fingerprint density at radius 3 is 1.88 bits per heavy atom. The van der Waals surface area contributed by atoms with Crippen molar-refractivity contribution < 1.29 is 4.74 Å². The molecule has 0 saturated carbocycles. The van der Waals surface area contributed by atoms with Crippen LogP contribution in [0.4, 0.5) is 5.69 Å². The Labute approximate surface area is 102 Å². The van der Waals surface area contributed by atoms with Crippen LogP contribution in [-0.4, -0.2) is 22.1 Å². The van der Waals surface area contributed by atoms with Gasteiger partial charge >= 0.3 is 101 Å². The summed E-state index contributed by atoms with van der Waals surface area (Å²) < 4.78 is 7.78. The van der Waals surface area contributed by atoms with Gasteiger partial charge in [0.25, 0.3) is 0 Å². The first kappa shape index (κ1) is 11.1. The van der Waals surface area contributed by atoms with Crippen molar-refractivity contribution in [2.75, 3.05) is 12.8 Å². The summed E-state index contributed by atoms with van der Waals surface area (Å²) in [6.45, 7) is 0. The summed E-state index contributed by atoms with van der Waals surface area (Å²) in [4.78, 5) is 0. The van der Waals surface area contributed by atoms with Gasteiger partial charge < -0.3 is 0 Å². The molecule has 0 saturated heterocycles. The summed E-state index contributed by atoms with van der Waals surface area (Å²) in [7, 11) is 1.68. The van der Waals surface area contributed by atoms with Crippen molar-refractivity contribution in [1.29, 1.82) is 0 Å². The predicted molar refractivity (Wildman–Crippen MR) is 68.9 cm³/mol. The monoisotopic (exact) mass is 279 g/mol. The molecule has 2 aromatic rings. The molecule has 0 fully saturated rings. The van der Waals surface area contributed by atoms with Crippen molar-refractivity contribution in [3.8, 4) is 5.75 Å². The van der Waals surface area contributed by atoms with E-state index in [1.54, 1.807) is 7.11 Å². The fourth-order valence-corrected chi connectivity index (χ4v) is 3.03. The first-order chi connectivity index (χ1) is 7.78. The maximum atomic E-state index is 5.65. The van der Waals surface area contributed by atoms with Gasteiger partial charge in [-0.25, -0.2) is 0 Å². The van der Waals surface area contributed by atoms with E-state index in [1.165, 1.54) is 8.92 Å². The van der Waals surface area contributed by atoms with Gasteiger partial charge in [-0.1, -0.05) is 0 Å². The number of rotatable bonds is 3. The minimum absolute atomic E-state index is 0.333. The summed E-state index contributed by atoms with van der Waals surface area (Å²) in [5.41, 5.74) is 6.46. The number of methoxy groups -OCH3 is 1. The van der Waals surface area contributed by atoms with Gasteiger partial charge in [0.2, 0.25) is 0 Å². The summed E-state index contributed by atoms with van der Waals surface area (Å²) >= 11 is 0.333. The molecule has 0 bridgehead atoms. The molecule has 0 aromatic heterocycles. The molecular formula is C13H13NOSe. The van der Waals surface area contributed by atoms with Gasteiger partial charge in [-0.05, 0) is 0 Å². The van der Waals surface area contributed by atoms with E-state index in [9.17, 15) is 0 Å². The standard InChI is InChI=1S/C13H13NOSe/c1-15-11-4-8-13(9-5-11)16-12-6-2-10(14)3-7-12/h2-9H,14H2,1H3. The van der Waals surface area contributed by atoms with Crippen LogP contribution >= 0.6 is 0 Å². The van der Waals surface area contributed by atoms with Crippen molar-refractivity contribution in [2.45, 2.75) is 0 Å². The van der Waals surface area contributed by atoms with Gasteiger partial charge in [-0.2, -0.15) is 0 Å². The first-order valence-corrected chi connectivity index (χ1v) is 6.67. The molecule has 0 aliphatic heterocycles. The molecule has 0 aliphatic rings. The van der Waals surface area contributed by atoms with Crippen LogP contribution in [0, 0.1) is 0 Å². The van der Waals surface area contributed by atoms with Crippen molar-refractivity contribution in [2.24, 2.45) is 0 Å². The second kappa shape index (κ2) is 5.06. The van der Waals surface area contributed by atoms with Gasteiger partial charge in [0.15, 0.2) is 0 Å². The van der Waals surface area contributed by atoms with Crippen LogP contribution in [0.5, 0.6) is 5.75 Å². The third-order valence-electron chi connectivity index (χ3n) is 2.18. The average molecular weight is 278 g/mol. The summed E-state index contributed by atoms with van der Waals surface area (Å²) in [6.07, 6.45) is 0. The van der Waals surface area contributed by atoms with Gasteiger partial charge in [0.05, 0.1) is 0 Å². The summed E-state index contributed by atoms with van der Waals surface area (Å²) in [5, 5.41) is 0. The number of benzene rings is 2. The van der Waals surface area contributed by atoms with E-state index < -0.39 is 0 Å². The Bertz CT molecular complexity index is 450. The minimum atomic E-state index is 0.333. The molecule has 0 heterocycles. The molecule has 2 nitrogen and oxygen atoms in total. The zero-order valence-electron chi connectivity index (χ0n) is 9.01.